The zero-order valence-corrected chi connectivity index (χ0v) is 16.5. The predicted molar refractivity (Wildman–Crippen MR) is 108 cm³/mol. The third-order valence-electron chi connectivity index (χ3n) is 5.13. The number of hydrogen-bond acceptors (Lipinski definition) is 5. The predicted octanol–water partition coefficient (Wildman–Crippen LogP) is 4.62. The van der Waals surface area contributed by atoms with Crippen molar-refractivity contribution in [3.05, 3.63) is 84.2 Å². The van der Waals surface area contributed by atoms with Crippen LogP contribution in [0.15, 0.2) is 45.6 Å². The van der Waals surface area contributed by atoms with E-state index in [0.29, 0.717) is 34.5 Å². The summed E-state index contributed by atoms with van der Waals surface area (Å²) < 4.78 is 5.87. The molecule has 1 aliphatic rings. The quantitative estimate of drug-likeness (QED) is 0.460. The molecule has 8 heteroatoms. The van der Waals surface area contributed by atoms with Crippen LogP contribution in [0.4, 0.5) is 5.69 Å². The zero-order chi connectivity index (χ0) is 20.9. The van der Waals surface area contributed by atoms with Crippen LogP contribution in [0.25, 0.3) is 11.0 Å². The van der Waals surface area contributed by atoms with Crippen molar-refractivity contribution in [1.29, 1.82) is 0 Å². The number of carbonyl (C=O) groups is 1. The van der Waals surface area contributed by atoms with Gasteiger partial charge < -0.3 is 9.32 Å². The van der Waals surface area contributed by atoms with Crippen molar-refractivity contribution in [2.75, 3.05) is 6.54 Å². The van der Waals surface area contributed by atoms with Crippen molar-refractivity contribution in [3.8, 4) is 0 Å². The highest BCUT2D eigenvalue weighted by Gasteiger charge is 2.42. The number of halogens is 1. The minimum absolute atomic E-state index is 0.0148. The molecule has 0 bridgehead atoms. The van der Waals surface area contributed by atoms with Crippen LogP contribution in [0.5, 0.6) is 0 Å². The molecular weight excluding hydrogens is 396 g/mol. The fourth-order valence-electron chi connectivity index (χ4n) is 3.74. The number of nitro benzene ring substituents is 1. The van der Waals surface area contributed by atoms with Crippen molar-refractivity contribution in [2.45, 2.75) is 26.3 Å². The first kappa shape index (κ1) is 19.1. The molecule has 1 atom stereocenters. The Morgan fingerprint density at radius 2 is 1.90 bits per heavy atom. The topological polar surface area (TPSA) is 93.7 Å². The summed E-state index contributed by atoms with van der Waals surface area (Å²) in [5, 5.41) is 11.7. The number of nitro groups is 1. The summed E-state index contributed by atoms with van der Waals surface area (Å²) in [7, 11) is 0. The molecular formula is C21H17ClN2O5. The van der Waals surface area contributed by atoms with Gasteiger partial charge in [0.05, 0.1) is 21.9 Å². The molecule has 1 unspecified atom stereocenters. The number of rotatable bonds is 4. The van der Waals surface area contributed by atoms with Gasteiger partial charge in [-0.3, -0.25) is 19.7 Å². The molecule has 1 aromatic heterocycles. The molecule has 29 heavy (non-hydrogen) atoms. The lowest BCUT2D eigenvalue weighted by Gasteiger charge is -2.24. The smallest absolute Gasteiger partial charge is 0.290 e. The summed E-state index contributed by atoms with van der Waals surface area (Å²) >= 11 is 6.20. The molecule has 1 aliphatic heterocycles. The fourth-order valence-corrected chi connectivity index (χ4v) is 3.90. The Kier molecular flexibility index (Phi) is 4.62. The lowest BCUT2D eigenvalue weighted by Crippen LogP contribution is -2.30. The Bertz CT molecular complexity index is 1220. The van der Waals surface area contributed by atoms with Crippen LogP contribution in [-0.4, -0.2) is 22.3 Å². The van der Waals surface area contributed by atoms with Crippen LogP contribution in [0.3, 0.4) is 0 Å². The van der Waals surface area contributed by atoms with Crippen LogP contribution in [-0.2, 0) is 0 Å². The van der Waals surface area contributed by atoms with Gasteiger partial charge in [-0.2, -0.15) is 0 Å². The Hall–Kier alpha value is -3.19. The molecule has 0 aliphatic carbocycles. The third kappa shape index (κ3) is 2.98. The third-order valence-corrected chi connectivity index (χ3v) is 5.54. The number of benzene rings is 2. The fraction of sp³-hybridized carbons (Fsp3) is 0.238. The van der Waals surface area contributed by atoms with Crippen LogP contribution < -0.4 is 5.43 Å². The lowest BCUT2D eigenvalue weighted by molar-refractivity contribution is -0.384. The van der Waals surface area contributed by atoms with Gasteiger partial charge in [0, 0.05) is 23.7 Å². The van der Waals surface area contributed by atoms with Gasteiger partial charge in [-0.25, -0.2) is 0 Å². The molecule has 2 aromatic carbocycles. The maximum absolute atomic E-state index is 13.3. The number of aryl methyl sites for hydroxylation is 1. The molecule has 0 fully saturated rings. The number of carbonyl (C=O) groups excluding carboxylic acids is 1. The standard InChI is InChI=1S/C21H17ClN2O5/c1-3-8-23-18(12-4-6-13(7-5-12)24(27)28)17-19(25)14-10-15(22)11(2)9-16(14)29-20(17)21(23)26/h4-7,9-10,18H,3,8H2,1-2H3. The van der Waals surface area contributed by atoms with Crippen molar-refractivity contribution in [3.63, 3.8) is 0 Å². The first-order valence-corrected chi connectivity index (χ1v) is 9.53. The van der Waals surface area contributed by atoms with Gasteiger partial charge in [0.2, 0.25) is 5.76 Å². The van der Waals surface area contributed by atoms with E-state index >= 15 is 0 Å². The van der Waals surface area contributed by atoms with Crippen molar-refractivity contribution >= 4 is 34.2 Å². The maximum atomic E-state index is 13.3. The number of nitrogens with zero attached hydrogens (tertiary/aromatic N) is 2. The van der Waals surface area contributed by atoms with Crippen molar-refractivity contribution in [2.24, 2.45) is 0 Å². The van der Waals surface area contributed by atoms with Crippen LogP contribution >= 0.6 is 11.6 Å². The molecule has 0 saturated carbocycles. The van der Waals surface area contributed by atoms with E-state index in [-0.39, 0.29) is 28.3 Å². The SMILES string of the molecule is CCCN1C(=O)c2oc3cc(C)c(Cl)cc3c(=O)c2C1c1ccc([N+](=O)[O-])cc1. The second kappa shape index (κ2) is 7.00. The first-order valence-electron chi connectivity index (χ1n) is 9.15. The van der Waals surface area contributed by atoms with Crippen molar-refractivity contribution < 1.29 is 14.1 Å². The Labute approximate surface area is 170 Å². The molecule has 3 aromatic rings. The van der Waals surface area contributed by atoms with Gasteiger partial charge >= 0.3 is 0 Å². The van der Waals surface area contributed by atoms with E-state index in [2.05, 4.69) is 0 Å². The molecule has 4 rings (SSSR count). The maximum Gasteiger partial charge on any atom is 0.290 e. The lowest BCUT2D eigenvalue weighted by atomic mass is 9.98. The normalized spacial score (nSPS) is 15.8. The number of hydrogen-bond donors (Lipinski definition) is 0. The van der Waals surface area contributed by atoms with Crippen molar-refractivity contribution in [1.82, 2.24) is 4.90 Å². The molecule has 148 valence electrons. The van der Waals surface area contributed by atoms with Gasteiger partial charge in [0.1, 0.15) is 5.58 Å². The molecule has 0 spiro atoms. The second-order valence-electron chi connectivity index (χ2n) is 7.02. The molecule has 1 amide bonds. The number of amides is 1. The highest BCUT2D eigenvalue weighted by Crippen LogP contribution is 2.39. The molecule has 0 radical (unpaired) electrons. The van der Waals surface area contributed by atoms with Crippen LogP contribution in [0.2, 0.25) is 5.02 Å². The average Bonchev–Trinajstić information content (AvgIpc) is 2.96. The minimum Gasteiger partial charge on any atom is -0.450 e. The minimum atomic E-state index is -0.668. The molecule has 2 heterocycles. The van der Waals surface area contributed by atoms with E-state index in [4.69, 9.17) is 16.0 Å². The summed E-state index contributed by atoms with van der Waals surface area (Å²) in [5.74, 6) is -0.349. The van der Waals surface area contributed by atoms with Gasteiger partial charge in [-0.05, 0) is 48.7 Å². The highest BCUT2D eigenvalue weighted by atomic mass is 35.5. The van der Waals surface area contributed by atoms with E-state index in [0.717, 1.165) is 5.56 Å². The van der Waals surface area contributed by atoms with Gasteiger partial charge in [0.15, 0.2) is 5.43 Å². The van der Waals surface area contributed by atoms with Gasteiger partial charge in [-0.15, -0.1) is 0 Å². The summed E-state index contributed by atoms with van der Waals surface area (Å²) in [6.45, 7) is 4.14. The van der Waals surface area contributed by atoms with Gasteiger partial charge in [-0.1, -0.05) is 18.5 Å². The van der Waals surface area contributed by atoms with E-state index in [1.54, 1.807) is 36.1 Å². The monoisotopic (exact) mass is 412 g/mol. The summed E-state index contributed by atoms with van der Waals surface area (Å²) in [6.07, 6.45) is 0.682. The zero-order valence-electron chi connectivity index (χ0n) is 15.8. The van der Waals surface area contributed by atoms with E-state index < -0.39 is 11.0 Å². The average molecular weight is 413 g/mol. The summed E-state index contributed by atoms with van der Waals surface area (Å²) in [4.78, 5) is 38.4. The number of non-ortho nitro benzene ring substituents is 1. The molecule has 0 N–H and O–H groups in total. The van der Waals surface area contributed by atoms with E-state index in [9.17, 15) is 19.7 Å². The van der Waals surface area contributed by atoms with Crippen LogP contribution in [0.1, 0.15) is 46.6 Å². The largest absolute Gasteiger partial charge is 0.450 e. The molecule has 7 nitrogen and oxygen atoms in total. The Morgan fingerprint density at radius 3 is 2.52 bits per heavy atom. The first-order chi connectivity index (χ1) is 13.8. The summed E-state index contributed by atoms with van der Waals surface area (Å²) in [6, 6.07) is 8.40. The Morgan fingerprint density at radius 1 is 1.21 bits per heavy atom. The Balaban J connectivity index is 1.97. The summed E-state index contributed by atoms with van der Waals surface area (Å²) in [5.41, 5.74) is 1.52. The van der Waals surface area contributed by atoms with E-state index in [1.165, 1.54) is 12.1 Å². The van der Waals surface area contributed by atoms with E-state index in [1.807, 2.05) is 6.92 Å². The van der Waals surface area contributed by atoms with Crippen LogP contribution in [0, 0.1) is 17.0 Å². The highest BCUT2D eigenvalue weighted by molar-refractivity contribution is 6.32. The number of fused-ring (bicyclic) bond motifs is 2. The van der Waals surface area contributed by atoms with Gasteiger partial charge in [0.25, 0.3) is 11.6 Å². The second-order valence-corrected chi connectivity index (χ2v) is 7.43. The molecule has 0 saturated heterocycles.